The molecule has 1 N–H and O–H groups in total. The Hall–Kier alpha value is -2.58. The van der Waals surface area contributed by atoms with Crippen LogP contribution in [0.3, 0.4) is 0 Å². The average molecular weight is 319 g/mol. The standard InChI is InChI=1S/C14H15F2N7/c1-8-4-10-9(5-17-18-10)7-22(6-8)12-3-2-11-19-20-14(13(15)16)23(11)21-12/h2-3,5,8,13H,4,6-7H2,1H3,(H,17,18). The number of aromatic amines is 1. The molecule has 0 radical (unpaired) electrons. The number of nitrogens with one attached hydrogen (secondary N) is 1. The van der Waals surface area contributed by atoms with Crippen LogP contribution in [-0.2, 0) is 13.0 Å². The fraction of sp³-hybridized carbons (Fsp3) is 0.429. The van der Waals surface area contributed by atoms with Gasteiger partial charge in [0, 0.05) is 24.3 Å². The van der Waals surface area contributed by atoms with Gasteiger partial charge in [-0.25, -0.2) is 8.78 Å². The third-order valence-corrected chi connectivity index (χ3v) is 4.05. The fourth-order valence-corrected chi connectivity index (χ4v) is 2.99. The highest BCUT2D eigenvalue weighted by atomic mass is 19.3. The Bertz CT molecular complexity index is 841. The molecule has 4 rings (SSSR count). The first-order valence-electron chi connectivity index (χ1n) is 7.38. The summed E-state index contributed by atoms with van der Waals surface area (Å²) < 4.78 is 27.1. The Morgan fingerprint density at radius 1 is 1.30 bits per heavy atom. The number of hydrogen-bond acceptors (Lipinski definition) is 5. The Morgan fingerprint density at radius 3 is 3.00 bits per heavy atom. The summed E-state index contributed by atoms with van der Waals surface area (Å²) in [6.07, 6.45) is 0.00177. The molecule has 0 bridgehead atoms. The number of aromatic nitrogens is 6. The summed E-state index contributed by atoms with van der Waals surface area (Å²) in [7, 11) is 0. The molecule has 3 aromatic rings. The van der Waals surface area contributed by atoms with E-state index in [1.165, 1.54) is 0 Å². The van der Waals surface area contributed by atoms with E-state index in [1.807, 2.05) is 6.20 Å². The van der Waals surface area contributed by atoms with Crippen LogP contribution in [0.2, 0.25) is 0 Å². The Morgan fingerprint density at radius 2 is 2.17 bits per heavy atom. The van der Waals surface area contributed by atoms with Crippen molar-refractivity contribution in [2.24, 2.45) is 5.92 Å². The van der Waals surface area contributed by atoms with E-state index in [2.05, 4.69) is 37.3 Å². The Kier molecular flexibility index (Phi) is 3.21. The van der Waals surface area contributed by atoms with Crippen LogP contribution in [0.15, 0.2) is 18.3 Å². The van der Waals surface area contributed by atoms with E-state index in [-0.39, 0.29) is 0 Å². The molecular weight excluding hydrogens is 304 g/mol. The number of rotatable bonds is 2. The SMILES string of the molecule is CC1Cc2[nH]ncc2CN(c2ccc3nnc(C(F)F)n3n2)C1. The van der Waals surface area contributed by atoms with Crippen molar-refractivity contribution < 1.29 is 8.78 Å². The maximum Gasteiger partial charge on any atom is 0.299 e. The molecule has 1 unspecified atom stereocenters. The maximum atomic E-state index is 13.0. The highest BCUT2D eigenvalue weighted by Gasteiger charge is 2.23. The van der Waals surface area contributed by atoms with Crippen LogP contribution >= 0.6 is 0 Å². The minimum Gasteiger partial charge on any atom is -0.350 e. The fourth-order valence-electron chi connectivity index (χ4n) is 2.99. The maximum absolute atomic E-state index is 13.0. The van der Waals surface area contributed by atoms with Crippen molar-refractivity contribution in [1.82, 2.24) is 30.0 Å². The molecule has 0 aliphatic carbocycles. The summed E-state index contributed by atoms with van der Waals surface area (Å²) >= 11 is 0. The van der Waals surface area contributed by atoms with E-state index in [0.29, 0.717) is 23.9 Å². The smallest absolute Gasteiger partial charge is 0.299 e. The van der Waals surface area contributed by atoms with E-state index in [4.69, 9.17) is 0 Å². The molecule has 23 heavy (non-hydrogen) atoms. The number of nitrogens with zero attached hydrogens (tertiary/aromatic N) is 6. The van der Waals surface area contributed by atoms with Crippen LogP contribution in [0.4, 0.5) is 14.6 Å². The Balaban J connectivity index is 1.74. The second-order valence-electron chi connectivity index (χ2n) is 5.88. The predicted octanol–water partition coefficient (Wildman–Crippen LogP) is 1.98. The van der Waals surface area contributed by atoms with E-state index < -0.39 is 12.2 Å². The van der Waals surface area contributed by atoms with Gasteiger partial charge in [0.2, 0.25) is 5.82 Å². The van der Waals surface area contributed by atoms with Gasteiger partial charge in [0.15, 0.2) is 5.65 Å². The highest BCUT2D eigenvalue weighted by molar-refractivity contribution is 5.47. The summed E-state index contributed by atoms with van der Waals surface area (Å²) in [6, 6.07) is 3.45. The summed E-state index contributed by atoms with van der Waals surface area (Å²) in [5, 5.41) is 18.7. The number of anilines is 1. The van der Waals surface area contributed by atoms with Gasteiger partial charge in [0.05, 0.1) is 6.20 Å². The molecule has 7 nitrogen and oxygen atoms in total. The highest BCUT2D eigenvalue weighted by Crippen LogP contribution is 2.25. The lowest BCUT2D eigenvalue weighted by Gasteiger charge is -2.23. The monoisotopic (exact) mass is 319 g/mol. The van der Waals surface area contributed by atoms with Gasteiger partial charge in [0.25, 0.3) is 6.43 Å². The van der Waals surface area contributed by atoms with Crippen LogP contribution in [0.5, 0.6) is 0 Å². The molecule has 9 heteroatoms. The van der Waals surface area contributed by atoms with Crippen LogP contribution in [0.25, 0.3) is 5.65 Å². The van der Waals surface area contributed by atoms with Gasteiger partial charge in [0.1, 0.15) is 5.82 Å². The van der Waals surface area contributed by atoms with Crippen molar-refractivity contribution in [3.05, 3.63) is 35.4 Å². The van der Waals surface area contributed by atoms with E-state index in [9.17, 15) is 8.78 Å². The summed E-state index contributed by atoms with van der Waals surface area (Å²) in [5.41, 5.74) is 2.55. The summed E-state index contributed by atoms with van der Waals surface area (Å²) in [6.45, 7) is 3.57. The molecule has 4 heterocycles. The topological polar surface area (TPSA) is 75.0 Å². The van der Waals surface area contributed by atoms with Crippen molar-refractivity contribution in [3.8, 4) is 0 Å². The second kappa shape index (κ2) is 5.25. The van der Waals surface area contributed by atoms with Gasteiger partial charge in [-0.15, -0.1) is 15.3 Å². The normalized spacial score (nSPS) is 18.4. The van der Waals surface area contributed by atoms with Gasteiger partial charge >= 0.3 is 0 Å². The Labute approximate surface area is 130 Å². The first-order chi connectivity index (χ1) is 11.1. The summed E-state index contributed by atoms with van der Waals surface area (Å²) in [4.78, 5) is 2.07. The van der Waals surface area contributed by atoms with Gasteiger partial charge in [-0.3, -0.25) is 5.10 Å². The zero-order valence-corrected chi connectivity index (χ0v) is 12.4. The van der Waals surface area contributed by atoms with Crippen LogP contribution < -0.4 is 4.90 Å². The average Bonchev–Trinajstić information content (AvgIpc) is 3.09. The van der Waals surface area contributed by atoms with Gasteiger partial charge in [-0.05, 0) is 24.5 Å². The number of alkyl halides is 2. The molecule has 0 saturated heterocycles. The molecule has 0 amide bonds. The lowest BCUT2D eigenvalue weighted by atomic mass is 10.1. The first kappa shape index (κ1) is 14.0. The molecule has 3 aromatic heterocycles. The molecule has 0 spiro atoms. The van der Waals surface area contributed by atoms with E-state index >= 15 is 0 Å². The zero-order chi connectivity index (χ0) is 16.0. The van der Waals surface area contributed by atoms with Crippen molar-refractivity contribution in [2.45, 2.75) is 26.3 Å². The predicted molar refractivity (Wildman–Crippen MR) is 78.2 cm³/mol. The van der Waals surface area contributed by atoms with Crippen LogP contribution in [-0.4, -0.2) is 36.6 Å². The second-order valence-corrected chi connectivity index (χ2v) is 5.88. The minimum atomic E-state index is -2.71. The minimum absolute atomic E-state index is 0.316. The zero-order valence-electron chi connectivity index (χ0n) is 12.4. The lowest BCUT2D eigenvalue weighted by Crippen LogP contribution is -2.27. The third-order valence-electron chi connectivity index (χ3n) is 4.05. The number of halogens is 2. The largest absolute Gasteiger partial charge is 0.350 e. The molecule has 120 valence electrons. The lowest BCUT2D eigenvalue weighted by molar-refractivity contribution is 0.137. The first-order valence-corrected chi connectivity index (χ1v) is 7.38. The molecule has 1 aliphatic heterocycles. The molecule has 0 saturated carbocycles. The van der Waals surface area contributed by atoms with Crippen molar-refractivity contribution in [3.63, 3.8) is 0 Å². The molecule has 0 aromatic carbocycles. The van der Waals surface area contributed by atoms with Crippen molar-refractivity contribution in [1.29, 1.82) is 0 Å². The van der Waals surface area contributed by atoms with E-state index in [1.54, 1.807) is 12.1 Å². The quantitative estimate of drug-likeness (QED) is 0.782. The molecule has 1 aliphatic rings. The van der Waals surface area contributed by atoms with Crippen molar-refractivity contribution in [2.75, 3.05) is 11.4 Å². The van der Waals surface area contributed by atoms with Gasteiger partial charge < -0.3 is 4.90 Å². The number of fused-ring (bicyclic) bond motifs is 2. The molecule has 0 fully saturated rings. The number of hydrogen-bond donors (Lipinski definition) is 1. The van der Waals surface area contributed by atoms with Crippen LogP contribution in [0.1, 0.15) is 30.4 Å². The number of H-pyrrole nitrogens is 1. The third kappa shape index (κ3) is 2.41. The van der Waals surface area contributed by atoms with Crippen LogP contribution in [0, 0.1) is 5.92 Å². The molecular formula is C14H15F2N7. The molecule has 1 atom stereocenters. The van der Waals surface area contributed by atoms with Gasteiger partial charge in [-0.1, -0.05) is 6.92 Å². The van der Waals surface area contributed by atoms with E-state index in [0.717, 1.165) is 28.7 Å². The van der Waals surface area contributed by atoms with Gasteiger partial charge in [-0.2, -0.15) is 9.61 Å². The summed E-state index contributed by atoms with van der Waals surface area (Å²) in [5.74, 6) is 0.582. The van der Waals surface area contributed by atoms with Crippen molar-refractivity contribution >= 4 is 11.5 Å².